The minimum Gasteiger partial charge on any atom is -0.497 e. The van der Waals surface area contributed by atoms with Gasteiger partial charge in [-0.1, -0.05) is 13.3 Å². The first-order valence-corrected chi connectivity index (χ1v) is 9.06. The molecule has 25 heavy (non-hydrogen) atoms. The fourth-order valence-electron chi connectivity index (χ4n) is 4.71. The zero-order chi connectivity index (χ0) is 16.7. The van der Waals surface area contributed by atoms with Crippen molar-refractivity contribution in [2.75, 3.05) is 20.2 Å². The number of aliphatic hydroxyl groups excluding tert-OH is 1. The Hall–Kier alpha value is -1.36. The molecule has 0 aliphatic carbocycles. The fraction of sp³-hybridized carbons (Fsp3) is 0.550. The van der Waals surface area contributed by atoms with E-state index in [9.17, 15) is 5.11 Å². The molecule has 5 rings (SSSR count). The summed E-state index contributed by atoms with van der Waals surface area (Å²) in [5.74, 6) is 2.37. The highest BCUT2D eigenvalue weighted by molar-refractivity contribution is 5.85. The molecule has 2 bridgehead atoms. The van der Waals surface area contributed by atoms with E-state index in [1.807, 2.05) is 24.3 Å². The Bertz CT molecular complexity index is 739. The van der Waals surface area contributed by atoms with E-state index in [4.69, 9.17) is 4.74 Å². The summed E-state index contributed by atoms with van der Waals surface area (Å²) in [7, 11) is 1.67. The summed E-state index contributed by atoms with van der Waals surface area (Å²) in [6.45, 7) is 4.55. The number of methoxy groups -OCH3 is 1. The highest BCUT2D eigenvalue weighted by Gasteiger charge is 2.42. The number of rotatable bonds is 4. The Morgan fingerprint density at radius 2 is 2.20 bits per heavy atom. The van der Waals surface area contributed by atoms with Gasteiger partial charge in [0.25, 0.3) is 0 Å². The molecule has 3 saturated heterocycles. The molecule has 0 amide bonds. The molecular formula is C20H27ClN2O2. The molecule has 0 saturated carbocycles. The van der Waals surface area contributed by atoms with Crippen molar-refractivity contribution in [3.63, 3.8) is 0 Å². The lowest BCUT2D eigenvalue weighted by molar-refractivity contribution is -0.0562. The van der Waals surface area contributed by atoms with E-state index in [0.717, 1.165) is 53.6 Å². The molecule has 5 atom stereocenters. The number of ether oxygens (including phenoxy) is 1. The van der Waals surface area contributed by atoms with Crippen molar-refractivity contribution in [3.8, 4) is 5.75 Å². The molecule has 136 valence electrons. The Balaban J connectivity index is 0.00000182. The van der Waals surface area contributed by atoms with Crippen LogP contribution < -0.4 is 4.74 Å². The van der Waals surface area contributed by atoms with E-state index in [0.29, 0.717) is 0 Å². The Morgan fingerprint density at radius 3 is 2.88 bits per heavy atom. The maximum Gasteiger partial charge on any atom is 0.119 e. The normalized spacial score (nSPS) is 29.2. The highest BCUT2D eigenvalue weighted by Crippen LogP contribution is 2.42. The minimum absolute atomic E-state index is 0. The number of halogens is 1. The topological polar surface area (TPSA) is 45.6 Å². The summed E-state index contributed by atoms with van der Waals surface area (Å²) in [6.07, 6.45) is 4.97. The molecule has 1 N–H and O–H groups in total. The SMILES string of the molecule is CC[C@H]1CN2CC[C@H]1CC2[C@@H](O)c1ccnc2ccc(OC)cc12.Cl. The van der Waals surface area contributed by atoms with Gasteiger partial charge in [0.15, 0.2) is 0 Å². The molecule has 2 unspecified atom stereocenters. The summed E-state index contributed by atoms with van der Waals surface area (Å²) >= 11 is 0. The summed E-state index contributed by atoms with van der Waals surface area (Å²) in [6, 6.07) is 8.07. The van der Waals surface area contributed by atoms with Gasteiger partial charge in [0.2, 0.25) is 0 Å². The third kappa shape index (κ3) is 3.23. The largest absolute Gasteiger partial charge is 0.497 e. The van der Waals surface area contributed by atoms with Crippen LogP contribution in [0.4, 0.5) is 0 Å². The number of fused-ring (bicyclic) bond motifs is 4. The lowest BCUT2D eigenvalue weighted by atomic mass is 9.72. The molecule has 1 aromatic heterocycles. The Kier molecular flexibility index (Phi) is 5.52. The number of piperidine rings is 3. The number of pyridine rings is 1. The van der Waals surface area contributed by atoms with Gasteiger partial charge in [0.1, 0.15) is 5.75 Å². The minimum atomic E-state index is -0.469. The first-order chi connectivity index (χ1) is 11.7. The highest BCUT2D eigenvalue weighted by atomic mass is 35.5. The Labute approximate surface area is 155 Å². The van der Waals surface area contributed by atoms with Gasteiger partial charge in [0, 0.05) is 24.2 Å². The maximum absolute atomic E-state index is 11.2. The second-order valence-electron chi connectivity index (χ2n) is 7.24. The van der Waals surface area contributed by atoms with Gasteiger partial charge in [-0.25, -0.2) is 0 Å². The van der Waals surface area contributed by atoms with Crippen LogP contribution in [-0.2, 0) is 0 Å². The quantitative estimate of drug-likeness (QED) is 0.898. The van der Waals surface area contributed by atoms with Crippen LogP contribution in [-0.4, -0.2) is 41.2 Å². The number of nitrogens with zero attached hydrogens (tertiary/aromatic N) is 2. The van der Waals surface area contributed by atoms with Crippen molar-refractivity contribution < 1.29 is 9.84 Å². The lowest BCUT2D eigenvalue weighted by Crippen LogP contribution is -2.55. The van der Waals surface area contributed by atoms with Crippen LogP contribution >= 0.6 is 12.4 Å². The lowest BCUT2D eigenvalue weighted by Gasteiger charge is -2.51. The second-order valence-corrected chi connectivity index (χ2v) is 7.24. The van der Waals surface area contributed by atoms with Gasteiger partial charge in [-0.3, -0.25) is 9.88 Å². The fourth-order valence-corrected chi connectivity index (χ4v) is 4.71. The molecular weight excluding hydrogens is 336 g/mol. The van der Waals surface area contributed by atoms with Crippen LogP contribution in [0.25, 0.3) is 10.9 Å². The molecule has 3 fully saturated rings. The van der Waals surface area contributed by atoms with Crippen LogP contribution in [0, 0.1) is 11.8 Å². The number of aromatic nitrogens is 1. The number of benzene rings is 1. The number of aliphatic hydroxyl groups is 1. The summed E-state index contributed by atoms with van der Waals surface area (Å²) in [4.78, 5) is 6.94. The van der Waals surface area contributed by atoms with E-state index in [2.05, 4.69) is 16.8 Å². The van der Waals surface area contributed by atoms with Gasteiger partial charge in [-0.2, -0.15) is 0 Å². The van der Waals surface area contributed by atoms with Gasteiger partial charge in [0.05, 0.1) is 18.7 Å². The van der Waals surface area contributed by atoms with E-state index in [1.54, 1.807) is 13.3 Å². The van der Waals surface area contributed by atoms with Crippen LogP contribution in [0.5, 0.6) is 5.75 Å². The first kappa shape index (κ1) is 18.4. The molecule has 3 aliphatic heterocycles. The number of hydrogen-bond acceptors (Lipinski definition) is 4. The molecule has 2 aromatic rings. The first-order valence-electron chi connectivity index (χ1n) is 9.06. The molecule has 0 spiro atoms. The molecule has 1 aromatic carbocycles. The van der Waals surface area contributed by atoms with Gasteiger partial charge >= 0.3 is 0 Å². The summed E-state index contributed by atoms with van der Waals surface area (Å²) < 4.78 is 5.36. The van der Waals surface area contributed by atoms with E-state index in [-0.39, 0.29) is 18.4 Å². The molecule has 4 heterocycles. The van der Waals surface area contributed by atoms with Crippen molar-refractivity contribution in [1.82, 2.24) is 9.88 Å². The van der Waals surface area contributed by atoms with E-state index in [1.165, 1.54) is 12.8 Å². The van der Waals surface area contributed by atoms with Crippen molar-refractivity contribution in [1.29, 1.82) is 0 Å². The zero-order valence-electron chi connectivity index (χ0n) is 14.9. The Morgan fingerprint density at radius 1 is 1.36 bits per heavy atom. The predicted molar refractivity (Wildman–Crippen MR) is 102 cm³/mol. The van der Waals surface area contributed by atoms with Gasteiger partial charge < -0.3 is 9.84 Å². The monoisotopic (exact) mass is 362 g/mol. The van der Waals surface area contributed by atoms with E-state index < -0.39 is 6.10 Å². The third-order valence-corrected chi connectivity index (χ3v) is 6.13. The summed E-state index contributed by atoms with van der Waals surface area (Å²) in [5, 5.41) is 12.2. The summed E-state index contributed by atoms with van der Waals surface area (Å²) in [5.41, 5.74) is 1.89. The molecule has 3 aliphatic rings. The van der Waals surface area contributed by atoms with Crippen molar-refractivity contribution in [2.45, 2.75) is 38.3 Å². The van der Waals surface area contributed by atoms with Crippen molar-refractivity contribution in [2.24, 2.45) is 11.8 Å². The predicted octanol–water partition coefficient (Wildman–Crippen LogP) is 3.82. The van der Waals surface area contributed by atoms with Crippen LogP contribution in [0.2, 0.25) is 0 Å². The smallest absolute Gasteiger partial charge is 0.119 e. The molecule has 5 heteroatoms. The van der Waals surface area contributed by atoms with Crippen LogP contribution in [0.1, 0.15) is 37.9 Å². The van der Waals surface area contributed by atoms with Crippen LogP contribution in [0.3, 0.4) is 0 Å². The van der Waals surface area contributed by atoms with Gasteiger partial charge in [-0.05, 0) is 61.1 Å². The van der Waals surface area contributed by atoms with E-state index >= 15 is 0 Å². The van der Waals surface area contributed by atoms with Gasteiger partial charge in [-0.15, -0.1) is 12.4 Å². The average Bonchev–Trinajstić information content (AvgIpc) is 2.66. The zero-order valence-corrected chi connectivity index (χ0v) is 15.7. The van der Waals surface area contributed by atoms with Crippen molar-refractivity contribution in [3.05, 3.63) is 36.0 Å². The molecule has 0 radical (unpaired) electrons. The maximum atomic E-state index is 11.2. The third-order valence-electron chi connectivity index (χ3n) is 6.13. The van der Waals surface area contributed by atoms with Crippen LogP contribution in [0.15, 0.2) is 30.5 Å². The number of hydrogen-bond donors (Lipinski definition) is 1. The van der Waals surface area contributed by atoms with Crippen molar-refractivity contribution >= 4 is 23.3 Å². The second kappa shape index (κ2) is 7.48. The molecule has 4 nitrogen and oxygen atoms in total. The average molecular weight is 363 g/mol. The standard InChI is InChI=1S/C20H26N2O2.ClH/c1-3-13-12-22-9-7-14(13)10-19(22)20(23)16-6-8-21-18-5-4-15(24-2)11-17(16)18;/h4-6,8,11,13-14,19-20,23H,3,7,9-10,12H2,1-2H3;1H/t13-,14-,19?,20-;/m0./s1.